The smallest absolute Gasteiger partial charge is 0.313 e. The molecule has 0 aliphatic carbocycles. The maximum atomic E-state index is 13.2. The molecule has 0 saturated carbocycles. The first-order chi connectivity index (χ1) is 17.5. The largest absolute Gasteiger partial charge is 0.476 e. The first-order valence-corrected chi connectivity index (χ1v) is 13.0. The van der Waals surface area contributed by atoms with Crippen LogP contribution < -0.4 is 4.74 Å². The summed E-state index contributed by atoms with van der Waals surface area (Å²) in [5, 5.41) is 11.8. The zero-order chi connectivity index (χ0) is 26.9. The summed E-state index contributed by atoms with van der Waals surface area (Å²) >= 11 is 0. The summed E-state index contributed by atoms with van der Waals surface area (Å²) in [6.07, 6.45) is 0. The molecule has 0 spiro atoms. The van der Waals surface area contributed by atoms with Crippen LogP contribution in [-0.4, -0.2) is 65.4 Å². The number of carbonyl (C=O) groups is 1. The topological polar surface area (TPSA) is 130 Å². The van der Waals surface area contributed by atoms with Crippen LogP contribution in [0.25, 0.3) is 10.8 Å². The first kappa shape index (κ1) is 26.5. The zero-order valence-corrected chi connectivity index (χ0v) is 21.0. The van der Waals surface area contributed by atoms with Gasteiger partial charge in [-0.05, 0) is 31.5 Å². The van der Waals surface area contributed by atoms with E-state index in [0.29, 0.717) is 19.6 Å². The molecule has 0 radical (unpaired) electrons. The minimum absolute atomic E-state index is 0.00517. The number of benzene rings is 3. The van der Waals surface area contributed by atoms with Crippen LogP contribution in [0.5, 0.6) is 5.75 Å². The van der Waals surface area contributed by atoms with Gasteiger partial charge < -0.3 is 9.64 Å². The molecular formula is C25H26FN3O7S. The normalized spacial score (nSPS) is 18.6. The molecule has 0 unspecified atom stereocenters. The average molecular weight is 532 g/mol. The van der Waals surface area contributed by atoms with Crippen LogP contribution >= 0.6 is 0 Å². The fourth-order valence-corrected chi connectivity index (χ4v) is 5.33. The van der Waals surface area contributed by atoms with Crippen molar-refractivity contribution in [1.29, 1.82) is 0 Å². The summed E-state index contributed by atoms with van der Waals surface area (Å²) in [5.74, 6) is -0.934. The van der Waals surface area contributed by atoms with Crippen molar-refractivity contribution in [3.05, 3.63) is 76.1 Å². The summed E-state index contributed by atoms with van der Waals surface area (Å²) in [6.45, 7) is 4.93. The van der Waals surface area contributed by atoms with Crippen LogP contribution in [-0.2, 0) is 21.5 Å². The molecule has 1 aliphatic rings. The summed E-state index contributed by atoms with van der Waals surface area (Å²) in [4.78, 5) is 27.2. The highest BCUT2D eigenvalue weighted by Crippen LogP contribution is 2.39. The number of nitro groups is 1. The van der Waals surface area contributed by atoms with Crippen LogP contribution in [0.4, 0.5) is 10.1 Å². The van der Waals surface area contributed by atoms with Crippen molar-refractivity contribution in [1.82, 2.24) is 9.80 Å². The van der Waals surface area contributed by atoms with Crippen molar-refractivity contribution in [2.24, 2.45) is 0 Å². The van der Waals surface area contributed by atoms with Gasteiger partial charge in [0.1, 0.15) is 10.7 Å². The summed E-state index contributed by atoms with van der Waals surface area (Å²) in [5.41, 5.74) is 0.278. The Morgan fingerprint density at radius 3 is 2.38 bits per heavy atom. The van der Waals surface area contributed by atoms with E-state index >= 15 is 0 Å². The average Bonchev–Trinajstić information content (AvgIpc) is 2.84. The number of hydrogen-bond donors (Lipinski definition) is 1. The molecule has 4 rings (SSSR count). The second-order valence-electron chi connectivity index (χ2n) is 9.09. The Kier molecular flexibility index (Phi) is 7.44. The number of nitrogens with zero attached hydrogens (tertiary/aromatic N) is 3. The predicted molar refractivity (Wildman–Crippen MR) is 133 cm³/mol. The Balaban J connectivity index is 1.52. The van der Waals surface area contributed by atoms with E-state index in [1.807, 2.05) is 13.8 Å². The van der Waals surface area contributed by atoms with Gasteiger partial charge in [-0.25, -0.2) is 4.39 Å². The van der Waals surface area contributed by atoms with E-state index in [-0.39, 0.29) is 40.3 Å². The van der Waals surface area contributed by atoms with Crippen LogP contribution in [0, 0.1) is 15.9 Å². The molecule has 196 valence electrons. The Morgan fingerprint density at radius 2 is 1.76 bits per heavy atom. The van der Waals surface area contributed by atoms with Crippen LogP contribution in [0.15, 0.2) is 59.5 Å². The summed E-state index contributed by atoms with van der Waals surface area (Å²) in [6, 6.07) is 12.7. The van der Waals surface area contributed by atoms with Gasteiger partial charge in [0, 0.05) is 48.6 Å². The third-order valence-corrected chi connectivity index (χ3v) is 7.38. The second-order valence-corrected chi connectivity index (χ2v) is 10.5. The standard InChI is InChI=1S/C25H26FN3O7S/c1-16-13-28(17(2)12-27(16)14-18-7-9-19(26)10-8-18)24(30)15-36-25-21-6-4-3-5-20(21)23(37(33,34)35)11-22(25)29(31)32/h3-11,16-17H,12-15H2,1-2H3,(H,33,34,35)/t16-,17+/m0/s1. The van der Waals surface area contributed by atoms with E-state index < -0.39 is 32.2 Å². The van der Waals surface area contributed by atoms with E-state index in [1.54, 1.807) is 23.1 Å². The Bertz CT molecular complexity index is 1450. The highest BCUT2D eigenvalue weighted by atomic mass is 32.2. The van der Waals surface area contributed by atoms with Crippen LogP contribution in [0.1, 0.15) is 19.4 Å². The van der Waals surface area contributed by atoms with Gasteiger partial charge in [0.05, 0.1) is 4.92 Å². The van der Waals surface area contributed by atoms with E-state index in [1.165, 1.54) is 30.3 Å². The number of hydrogen-bond acceptors (Lipinski definition) is 7. The lowest BCUT2D eigenvalue weighted by Gasteiger charge is -2.44. The fraction of sp³-hybridized carbons (Fsp3) is 0.320. The minimum atomic E-state index is -4.75. The first-order valence-electron chi connectivity index (χ1n) is 11.5. The van der Waals surface area contributed by atoms with E-state index in [4.69, 9.17) is 4.74 Å². The maximum absolute atomic E-state index is 13.2. The Hall–Kier alpha value is -3.61. The quantitative estimate of drug-likeness (QED) is 0.278. The van der Waals surface area contributed by atoms with Gasteiger partial charge >= 0.3 is 5.69 Å². The SMILES string of the molecule is C[C@@H]1CN(Cc2ccc(F)cc2)[C@@H](C)CN1C(=O)COc1c([N+](=O)[O-])cc(S(=O)(=O)O)c2ccccc12. The molecular weight excluding hydrogens is 505 g/mol. The molecule has 10 nitrogen and oxygen atoms in total. The van der Waals surface area contributed by atoms with Crippen molar-refractivity contribution in [3.8, 4) is 5.75 Å². The molecule has 1 N–H and O–H groups in total. The van der Waals surface area contributed by atoms with Gasteiger partial charge in [0.25, 0.3) is 16.0 Å². The number of ether oxygens (including phenoxy) is 1. The van der Waals surface area contributed by atoms with Gasteiger partial charge in [-0.2, -0.15) is 8.42 Å². The second kappa shape index (κ2) is 10.4. The lowest BCUT2D eigenvalue weighted by molar-refractivity contribution is -0.385. The van der Waals surface area contributed by atoms with Gasteiger partial charge in [0.15, 0.2) is 6.61 Å². The Morgan fingerprint density at radius 1 is 1.11 bits per heavy atom. The molecule has 1 heterocycles. The number of carbonyl (C=O) groups excluding carboxylic acids is 1. The van der Waals surface area contributed by atoms with Crippen molar-refractivity contribution < 1.29 is 31.8 Å². The summed E-state index contributed by atoms with van der Waals surface area (Å²) < 4.78 is 52.1. The molecule has 1 fully saturated rings. The number of halogens is 1. The van der Waals surface area contributed by atoms with E-state index in [0.717, 1.165) is 11.6 Å². The van der Waals surface area contributed by atoms with Crippen LogP contribution in [0.2, 0.25) is 0 Å². The molecule has 3 aromatic carbocycles. The van der Waals surface area contributed by atoms with Crippen LogP contribution in [0.3, 0.4) is 0 Å². The molecule has 0 bridgehead atoms. The van der Waals surface area contributed by atoms with Gasteiger partial charge in [-0.1, -0.05) is 36.4 Å². The van der Waals surface area contributed by atoms with Crippen molar-refractivity contribution in [3.63, 3.8) is 0 Å². The number of piperazine rings is 1. The third-order valence-electron chi connectivity index (χ3n) is 6.49. The number of nitro benzene ring substituents is 1. The molecule has 2 atom stereocenters. The highest BCUT2D eigenvalue weighted by molar-refractivity contribution is 7.86. The molecule has 12 heteroatoms. The molecule has 1 aliphatic heterocycles. The lowest BCUT2D eigenvalue weighted by Crippen LogP contribution is -2.58. The monoisotopic (exact) mass is 531 g/mol. The summed E-state index contributed by atoms with van der Waals surface area (Å²) in [7, 11) is -4.75. The number of amides is 1. The lowest BCUT2D eigenvalue weighted by atomic mass is 10.1. The molecule has 37 heavy (non-hydrogen) atoms. The Labute approximate surface area is 213 Å². The van der Waals surface area contributed by atoms with E-state index in [9.17, 15) is 32.3 Å². The zero-order valence-electron chi connectivity index (χ0n) is 20.2. The maximum Gasteiger partial charge on any atom is 0.313 e. The molecule has 0 aromatic heterocycles. The third kappa shape index (κ3) is 5.71. The van der Waals surface area contributed by atoms with Crippen molar-refractivity contribution in [2.45, 2.75) is 37.4 Å². The molecule has 3 aromatic rings. The van der Waals surface area contributed by atoms with Gasteiger partial charge in [-0.3, -0.25) is 24.4 Å². The van der Waals surface area contributed by atoms with Gasteiger partial charge in [-0.15, -0.1) is 0 Å². The number of fused-ring (bicyclic) bond motifs is 1. The highest BCUT2D eigenvalue weighted by Gasteiger charge is 2.33. The predicted octanol–water partition coefficient (Wildman–Crippen LogP) is 3.63. The molecule has 1 amide bonds. The van der Waals surface area contributed by atoms with E-state index in [2.05, 4.69) is 4.90 Å². The van der Waals surface area contributed by atoms with Crippen molar-refractivity contribution >= 4 is 32.5 Å². The van der Waals surface area contributed by atoms with Gasteiger partial charge in [0.2, 0.25) is 5.75 Å². The fourth-order valence-electron chi connectivity index (χ4n) is 4.61. The minimum Gasteiger partial charge on any atom is -0.476 e. The molecule has 1 saturated heterocycles. The number of rotatable bonds is 7. The van der Waals surface area contributed by atoms with Crippen molar-refractivity contribution in [2.75, 3.05) is 19.7 Å².